The summed E-state index contributed by atoms with van der Waals surface area (Å²) in [5, 5.41) is 12.3. The van der Waals surface area contributed by atoms with Gasteiger partial charge in [-0.25, -0.2) is 0 Å². The molecule has 1 aromatic carbocycles. The molecule has 0 radical (unpaired) electrons. The summed E-state index contributed by atoms with van der Waals surface area (Å²) in [7, 11) is 0. The number of aryl methyl sites for hydroxylation is 1. The van der Waals surface area contributed by atoms with Crippen LogP contribution in [0.1, 0.15) is 18.9 Å². The van der Waals surface area contributed by atoms with Crippen molar-refractivity contribution in [3.05, 3.63) is 28.2 Å². The van der Waals surface area contributed by atoms with Gasteiger partial charge in [-0.3, -0.25) is 4.79 Å². The topological polar surface area (TPSA) is 52.6 Å². The van der Waals surface area contributed by atoms with Crippen LogP contribution in [0, 0.1) is 6.92 Å². The quantitative estimate of drug-likeness (QED) is 0.895. The maximum Gasteiger partial charge on any atom is 0.304 e. The lowest BCUT2D eigenvalue weighted by molar-refractivity contribution is -0.137. The number of anilines is 1. The van der Waals surface area contributed by atoms with Gasteiger partial charge in [0.05, 0.1) is 6.42 Å². The lowest BCUT2D eigenvalue weighted by Crippen LogP contribution is -2.56. The Bertz CT molecular complexity index is 479. The molecule has 5 heteroatoms. The van der Waals surface area contributed by atoms with E-state index in [1.54, 1.807) is 0 Å². The molecule has 2 atom stereocenters. The summed E-state index contributed by atoms with van der Waals surface area (Å²) >= 11 is 3.55. The molecule has 1 aliphatic rings. The lowest BCUT2D eigenvalue weighted by atomic mass is 10.1. The van der Waals surface area contributed by atoms with Gasteiger partial charge in [-0.1, -0.05) is 22.0 Å². The number of carbonyl (C=O) groups is 1. The molecule has 1 aliphatic heterocycles. The fourth-order valence-corrected chi connectivity index (χ4v) is 2.87. The number of nitrogens with zero attached hydrogens (tertiary/aromatic N) is 1. The summed E-state index contributed by atoms with van der Waals surface area (Å²) in [6, 6.07) is 6.57. The van der Waals surface area contributed by atoms with Gasteiger partial charge in [0.1, 0.15) is 0 Å². The first-order valence-electron chi connectivity index (χ1n) is 6.44. The molecule has 2 rings (SSSR count). The fourth-order valence-electron chi connectivity index (χ4n) is 2.50. The number of hydrogen-bond donors (Lipinski definition) is 2. The molecule has 0 saturated carbocycles. The van der Waals surface area contributed by atoms with Gasteiger partial charge in [0.25, 0.3) is 0 Å². The van der Waals surface area contributed by atoms with Crippen molar-refractivity contribution in [3.63, 3.8) is 0 Å². The molecule has 1 aromatic rings. The van der Waals surface area contributed by atoms with E-state index in [0.717, 1.165) is 23.2 Å². The molecule has 0 aliphatic carbocycles. The number of carboxylic acid groups (broad SMARTS) is 1. The standard InChI is InChI=1S/C14H19BrN2O2/c1-9-3-4-12(6-13(9)15)17-7-10(2)16-11(8-17)5-14(18)19/h3-4,6,10-11,16H,5,7-8H2,1-2H3,(H,18,19). The highest BCUT2D eigenvalue weighted by atomic mass is 79.9. The van der Waals surface area contributed by atoms with Crippen LogP contribution in [0.4, 0.5) is 5.69 Å². The Morgan fingerprint density at radius 1 is 1.53 bits per heavy atom. The molecule has 0 amide bonds. The van der Waals surface area contributed by atoms with E-state index in [2.05, 4.69) is 58.2 Å². The molecule has 2 unspecified atom stereocenters. The van der Waals surface area contributed by atoms with Crippen LogP contribution in [0.25, 0.3) is 0 Å². The number of hydrogen-bond acceptors (Lipinski definition) is 3. The molecule has 1 fully saturated rings. The minimum Gasteiger partial charge on any atom is -0.481 e. The first-order chi connectivity index (χ1) is 8.95. The number of piperazine rings is 1. The van der Waals surface area contributed by atoms with Gasteiger partial charge >= 0.3 is 5.97 Å². The van der Waals surface area contributed by atoms with E-state index in [1.165, 1.54) is 5.56 Å². The maximum absolute atomic E-state index is 10.9. The number of carboxylic acids is 1. The summed E-state index contributed by atoms with van der Waals surface area (Å²) in [4.78, 5) is 13.1. The van der Waals surface area contributed by atoms with Crippen molar-refractivity contribution in [1.82, 2.24) is 5.32 Å². The third-order valence-corrected chi connectivity index (χ3v) is 4.25. The number of benzene rings is 1. The van der Waals surface area contributed by atoms with Crippen molar-refractivity contribution < 1.29 is 9.90 Å². The Balaban J connectivity index is 2.14. The van der Waals surface area contributed by atoms with Gasteiger partial charge in [-0.2, -0.15) is 0 Å². The van der Waals surface area contributed by atoms with Crippen molar-refractivity contribution in [1.29, 1.82) is 0 Å². The van der Waals surface area contributed by atoms with Crippen molar-refractivity contribution in [2.24, 2.45) is 0 Å². The molecular weight excluding hydrogens is 308 g/mol. The summed E-state index contributed by atoms with van der Waals surface area (Å²) in [5.74, 6) is -0.753. The van der Waals surface area contributed by atoms with E-state index >= 15 is 0 Å². The van der Waals surface area contributed by atoms with Crippen molar-refractivity contribution in [2.45, 2.75) is 32.4 Å². The highest BCUT2D eigenvalue weighted by Crippen LogP contribution is 2.25. The second-order valence-corrected chi connectivity index (χ2v) is 6.06. The number of nitrogens with one attached hydrogen (secondary N) is 1. The van der Waals surface area contributed by atoms with Crippen LogP contribution < -0.4 is 10.2 Å². The van der Waals surface area contributed by atoms with Crippen molar-refractivity contribution in [3.8, 4) is 0 Å². The zero-order valence-electron chi connectivity index (χ0n) is 11.2. The van der Waals surface area contributed by atoms with Crippen LogP contribution in [0.2, 0.25) is 0 Å². The summed E-state index contributed by atoms with van der Waals surface area (Å²) in [6.45, 7) is 5.77. The van der Waals surface area contributed by atoms with Crippen LogP contribution in [0.3, 0.4) is 0 Å². The highest BCUT2D eigenvalue weighted by Gasteiger charge is 2.25. The summed E-state index contributed by atoms with van der Waals surface area (Å²) in [5.41, 5.74) is 2.34. The Labute approximate surface area is 121 Å². The number of rotatable bonds is 3. The molecule has 2 N–H and O–H groups in total. The normalized spacial score (nSPS) is 23.4. The first-order valence-corrected chi connectivity index (χ1v) is 7.24. The van der Waals surface area contributed by atoms with Crippen LogP contribution in [-0.4, -0.2) is 36.2 Å². The van der Waals surface area contributed by atoms with Gasteiger partial charge in [-0.05, 0) is 31.5 Å². The third kappa shape index (κ3) is 3.70. The molecule has 4 nitrogen and oxygen atoms in total. The Hall–Kier alpha value is -1.07. The van der Waals surface area contributed by atoms with Crippen molar-refractivity contribution >= 4 is 27.6 Å². The molecule has 1 heterocycles. The van der Waals surface area contributed by atoms with Crippen LogP contribution in [0.5, 0.6) is 0 Å². The van der Waals surface area contributed by atoms with E-state index in [9.17, 15) is 4.79 Å². The number of aliphatic carboxylic acids is 1. The van der Waals surface area contributed by atoms with Crippen molar-refractivity contribution in [2.75, 3.05) is 18.0 Å². The predicted octanol–water partition coefficient (Wildman–Crippen LogP) is 2.40. The minimum atomic E-state index is -0.753. The van der Waals surface area contributed by atoms with Gasteiger partial charge in [0.2, 0.25) is 0 Å². The first kappa shape index (κ1) is 14.3. The summed E-state index contributed by atoms with van der Waals surface area (Å²) < 4.78 is 1.09. The molecule has 0 bridgehead atoms. The minimum absolute atomic E-state index is 0.00123. The average Bonchev–Trinajstić information content (AvgIpc) is 2.31. The SMILES string of the molecule is Cc1ccc(N2CC(C)NC(CC(=O)O)C2)cc1Br. The average molecular weight is 327 g/mol. The Kier molecular flexibility index (Phi) is 4.47. The molecule has 0 aromatic heterocycles. The molecule has 19 heavy (non-hydrogen) atoms. The Morgan fingerprint density at radius 2 is 2.26 bits per heavy atom. The van der Waals surface area contributed by atoms with E-state index in [-0.39, 0.29) is 18.5 Å². The number of halogens is 1. The fraction of sp³-hybridized carbons (Fsp3) is 0.500. The van der Waals surface area contributed by atoms with Crippen LogP contribution >= 0.6 is 15.9 Å². The lowest BCUT2D eigenvalue weighted by Gasteiger charge is -2.38. The van der Waals surface area contributed by atoms with Gasteiger partial charge in [0, 0.05) is 35.3 Å². The van der Waals surface area contributed by atoms with Gasteiger partial charge < -0.3 is 15.3 Å². The van der Waals surface area contributed by atoms with E-state index in [0.29, 0.717) is 0 Å². The second-order valence-electron chi connectivity index (χ2n) is 5.20. The van der Waals surface area contributed by atoms with E-state index in [4.69, 9.17) is 5.11 Å². The smallest absolute Gasteiger partial charge is 0.304 e. The molecular formula is C14H19BrN2O2. The van der Waals surface area contributed by atoms with E-state index in [1.807, 2.05) is 0 Å². The van der Waals surface area contributed by atoms with Gasteiger partial charge in [0.15, 0.2) is 0 Å². The zero-order chi connectivity index (χ0) is 14.0. The highest BCUT2D eigenvalue weighted by molar-refractivity contribution is 9.10. The monoisotopic (exact) mass is 326 g/mol. The summed E-state index contributed by atoms with van der Waals surface area (Å²) in [6.07, 6.45) is 0.161. The zero-order valence-corrected chi connectivity index (χ0v) is 12.8. The van der Waals surface area contributed by atoms with Gasteiger partial charge in [-0.15, -0.1) is 0 Å². The van der Waals surface area contributed by atoms with Crippen LogP contribution in [-0.2, 0) is 4.79 Å². The predicted molar refractivity (Wildman–Crippen MR) is 79.7 cm³/mol. The second kappa shape index (κ2) is 5.92. The maximum atomic E-state index is 10.9. The van der Waals surface area contributed by atoms with Crippen LogP contribution in [0.15, 0.2) is 22.7 Å². The molecule has 104 valence electrons. The largest absolute Gasteiger partial charge is 0.481 e. The van der Waals surface area contributed by atoms with E-state index < -0.39 is 5.97 Å². The molecule has 0 spiro atoms. The third-order valence-electron chi connectivity index (χ3n) is 3.40. The Morgan fingerprint density at radius 3 is 2.89 bits per heavy atom. The molecule has 1 saturated heterocycles.